The van der Waals surface area contributed by atoms with Gasteiger partial charge in [0, 0.05) is 30.0 Å². The van der Waals surface area contributed by atoms with Gasteiger partial charge in [-0.25, -0.2) is 8.78 Å². The van der Waals surface area contributed by atoms with E-state index in [4.69, 9.17) is 5.73 Å². The Morgan fingerprint density at radius 3 is 2.79 bits per heavy atom. The molecule has 106 valence electrons. The summed E-state index contributed by atoms with van der Waals surface area (Å²) >= 11 is 0. The molecule has 0 saturated carbocycles. The summed E-state index contributed by atoms with van der Waals surface area (Å²) in [7, 11) is 0. The third kappa shape index (κ3) is 3.37. The van der Waals surface area contributed by atoms with Gasteiger partial charge in [-0.1, -0.05) is 13.3 Å². The Morgan fingerprint density at radius 2 is 2.11 bits per heavy atom. The van der Waals surface area contributed by atoms with E-state index in [1.165, 1.54) is 18.9 Å². The smallest absolute Gasteiger partial charge is 0.265 e. The number of benzene rings is 1. The second-order valence-electron chi connectivity index (χ2n) is 5.31. The van der Waals surface area contributed by atoms with Crippen molar-refractivity contribution in [2.75, 3.05) is 23.7 Å². The van der Waals surface area contributed by atoms with Gasteiger partial charge in [0.15, 0.2) is 0 Å². The fourth-order valence-corrected chi connectivity index (χ4v) is 2.85. The zero-order valence-corrected chi connectivity index (χ0v) is 11.4. The lowest BCUT2D eigenvalue weighted by atomic mass is 9.98. The van der Waals surface area contributed by atoms with Crippen molar-refractivity contribution in [2.24, 2.45) is 5.92 Å². The molecule has 0 bridgehead atoms. The van der Waals surface area contributed by atoms with Gasteiger partial charge in [-0.2, -0.15) is 0 Å². The van der Waals surface area contributed by atoms with Crippen LogP contribution in [-0.4, -0.2) is 13.1 Å². The second-order valence-corrected chi connectivity index (χ2v) is 5.31. The highest BCUT2D eigenvalue weighted by atomic mass is 19.3. The van der Waals surface area contributed by atoms with Crippen molar-refractivity contribution in [1.82, 2.24) is 0 Å². The predicted molar refractivity (Wildman–Crippen MR) is 75.7 cm³/mol. The third-order valence-corrected chi connectivity index (χ3v) is 4.05. The van der Waals surface area contributed by atoms with Gasteiger partial charge in [-0.3, -0.25) is 0 Å². The Kier molecular flexibility index (Phi) is 4.61. The number of rotatable bonds is 3. The lowest BCUT2D eigenvalue weighted by molar-refractivity contribution is 0.152. The molecule has 1 aliphatic heterocycles. The van der Waals surface area contributed by atoms with Gasteiger partial charge in [-0.15, -0.1) is 0 Å². The topological polar surface area (TPSA) is 29.3 Å². The van der Waals surface area contributed by atoms with Crippen molar-refractivity contribution in [1.29, 1.82) is 0 Å². The first-order valence-electron chi connectivity index (χ1n) is 7.04. The largest absolute Gasteiger partial charge is 0.399 e. The van der Waals surface area contributed by atoms with Crippen LogP contribution in [0.15, 0.2) is 18.2 Å². The molecule has 4 heteroatoms. The molecule has 0 radical (unpaired) electrons. The highest BCUT2D eigenvalue weighted by molar-refractivity contribution is 5.60. The summed E-state index contributed by atoms with van der Waals surface area (Å²) in [5.74, 6) is 0.730. The minimum atomic E-state index is -2.47. The molecular formula is C15H22F2N2. The molecule has 1 aromatic carbocycles. The SMILES string of the molecule is CCC1CCCN(c2ccc(N)cc2C(F)F)CC1. The predicted octanol–water partition coefficient (Wildman–Crippen LogP) is 4.22. The number of halogens is 2. The van der Waals surface area contributed by atoms with Crippen molar-refractivity contribution in [3.05, 3.63) is 23.8 Å². The average Bonchev–Trinajstić information content (AvgIpc) is 2.63. The molecule has 1 aromatic rings. The van der Waals surface area contributed by atoms with Gasteiger partial charge in [0.2, 0.25) is 0 Å². The fraction of sp³-hybridized carbons (Fsp3) is 0.600. The molecule has 2 rings (SSSR count). The van der Waals surface area contributed by atoms with Crippen LogP contribution < -0.4 is 10.6 Å². The Hall–Kier alpha value is -1.32. The van der Waals surface area contributed by atoms with Gasteiger partial charge in [0.25, 0.3) is 6.43 Å². The first-order chi connectivity index (χ1) is 9.11. The van der Waals surface area contributed by atoms with E-state index < -0.39 is 6.43 Å². The van der Waals surface area contributed by atoms with E-state index in [0.717, 1.165) is 31.8 Å². The van der Waals surface area contributed by atoms with Crippen molar-refractivity contribution < 1.29 is 8.78 Å². The van der Waals surface area contributed by atoms with Crippen molar-refractivity contribution in [3.63, 3.8) is 0 Å². The van der Waals surface area contributed by atoms with Crippen LogP contribution in [0.5, 0.6) is 0 Å². The first-order valence-corrected chi connectivity index (χ1v) is 7.04. The molecule has 1 aliphatic rings. The average molecular weight is 268 g/mol. The maximum atomic E-state index is 13.1. The van der Waals surface area contributed by atoms with Crippen LogP contribution in [0.2, 0.25) is 0 Å². The molecule has 0 aliphatic carbocycles. The quantitative estimate of drug-likeness (QED) is 0.831. The Labute approximate surface area is 113 Å². The lowest BCUT2D eigenvalue weighted by Gasteiger charge is -2.25. The highest BCUT2D eigenvalue weighted by Gasteiger charge is 2.21. The van der Waals surface area contributed by atoms with Gasteiger partial charge in [0.05, 0.1) is 0 Å². The van der Waals surface area contributed by atoms with Gasteiger partial charge < -0.3 is 10.6 Å². The number of hydrogen-bond donors (Lipinski definition) is 1. The van der Waals surface area contributed by atoms with Gasteiger partial charge >= 0.3 is 0 Å². The Bertz CT molecular complexity index is 421. The Balaban J connectivity index is 2.21. The summed E-state index contributed by atoms with van der Waals surface area (Å²) < 4.78 is 26.2. The zero-order chi connectivity index (χ0) is 13.8. The molecule has 2 N–H and O–H groups in total. The maximum absolute atomic E-state index is 13.1. The van der Waals surface area contributed by atoms with E-state index in [9.17, 15) is 8.78 Å². The van der Waals surface area contributed by atoms with Crippen LogP contribution in [0.25, 0.3) is 0 Å². The first kappa shape index (κ1) is 14.1. The molecule has 1 fully saturated rings. The summed E-state index contributed by atoms with van der Waals surface area (Å²) in [6, 6.07) is 4.86. The van der Waals surface area contributed by atoms with E-state index in [-0.39, 0.29) is 5.56 Å². The van der Waals surface area contributed by atoms with Crippen LogP contribution in [0.3, 0.4) is 0 Å². The number of hydrogen-bond acceptors (Lipinski definition) is 2. The van der Waals surface area contributed by atoms with Gasteiger partial charge in [-0.05, 0) is 43.4 Å². The van der Waals surface area contributed by atoms with Crippen molar-refractivity contribution in [2.45, 2.75) is 39.0 Å². The molecule has 2 nitrogen and oxygen atoms in total. The van der Waals surface area contributed by atoms with Crippen LogP contribution >= 0.6 is 0 Å². The van der Waals surface area contributed by atoms with E-state index >= 15 is 0 Å². The van der Waals surface area contributed by atoms with E-state index in [2.05, 4.69) is 11.8 Å². The molecule has 0 amide bonds. The summed E-state index contributed by atoms with van der Waals surface area (Å²) in [6.45, 7) is 3.93. The van der Waals surface area contributed by atoms with E-state index in [1.54, 1.807) is 12.1 Å². The summed E-state index contributed by atoms with van der Waals surface area (Å²) in [5.41, 5.74) is 6.74. The van der Waals surface area contributed by atoms with Crippen LogP contribution in [0, 0.1) is 5.92 Å². The van der Waals surface area contributed by atoms with Crippen LogP contribution in [0.4, 0.5) is 20.2 Å². The molecule has 1 atom stereocenters. The molecule has 1 heterocycles. The van der Waals surface area contributed by atoms with Crippen LogP contribution in [0.1, 0.15) is 44.6 Å². The van der Waals surface area contributed by atoms with E-state index in [0.29, 0.717) is 11.4 Å². The molecule has 0 spiro atoms. The van der Waals surface area contributed by atoms with E-state index in [1.807, 2.05) is 0 Å². The molecule has 0 aromatic heterocycles. The monoisotopic (exact) mass is 268 g/mol. The maximum Gasteiger partial charge on any atom is 0.265 e. The molecule has 1 saturated heterocycles. The van der Waals surface area contributed by atoms with Crippen molar-refractivity contribution in [3.8, 4) is 0 Å². The summed E-state index contributed by atoms with van der Waals surface area (Å²) in [5, 5.41) is 0. The second kappa shape index (κ2) is 6.22. The van der Waals surface area contributed by atoms with Crippen LogP contribution in [-0.2, 0) is 0 Å². The molecular weight excluding hydrogens is 246 g/mol. The fourth-order valence-electron chi connectivity index (χ4n) is 2.85. The number of nitrogens with zero attached hydrogens (tertiary/aromatic N) is 1. The normalized spacial score (nSPS) is 20.6. The number of alkyl halides is 2. The minimum absolute atomic E-state index is 0.0648. The number of nitrogens with two attached hydrogens (primary N) is 1. The standard InChI is InChI=1S/C15H22F2N2/c1-2-11-4-3-8-19(9-7-11)14-6-5-12(18)10-13(14)15(16)17/h5-6,10-11,15H,2-4,7-9,18H2,1H3. The molecule has 19 heavy (non-hydrogen) atoms. The Morgan fingerprint density at radius 1 is 1.32 bits per heavy atom. The highest BCUT2D eigenvalue weighted by Crippen LogP contribution is 2.33. The summed E-state index contributed by atoms with van der Waals surface area (Å²) in [4.78, 5) is 2.09. The lowest BCUT2D eigenvalue weighted by Crippen LogP contribution is -2.25. The summed E-state index contributed by atoms with van der Waals surface area (Å²) in [6.07, 6.45) is 2.07. The van der Waals surface area contributed by atoms with Gasteiger partial charge in [0.1, 0.15) is 0 Å². The number of anilines is 2. The van der Waals surface area contributed by atoms with Crippen molar-refractivity contribution >= 4 is 11.4 Å². The molecule has 1 unspecified atom stereocenters. The third-order valence-electron chi connectivity index (χ3n) is 4.05. The number of nitrogen functional groups attached to an aromatic ring is 1. The zero-order valence-electron chi connectivity index (χ0n) is 11.4. The minimum Gasteiger partial charge on any atom is -0.399 e.